The smallest absolute Gasteiger partial charge is 0.266 e. The first-order valence-corrected chi connectivity index (χ1v) is 11.9. The van der Waals surface area contributed by atoms with Gasteiger partial charge in [-0.2, -0.15) is 5.21 Å². The molecule has 0 saturated carbocycles. The van der Waals surface area contributed by atoms with Crippen molar-refractivity contribution in [2.45, 2.75) is 19.3 Å². The number of amides is 1. The van der Waals surface area contributed by atoms with Gasteiger partial charge in [-0.1, -0.05) is 35.3 Å². The second-order valence-electron chi connectivity index (χ2n) is 7.14. The zero-order chi connectivity index (χ0) is 21.2. The molecule has 0 aliphatic carbocycles. The molecule has 4 aromatic rings. The van der Waals surface area contributed by atoms with Gasteiger partial charge in [-0.15, -0.1) is 21.5 Å². The Morgan fingerprint density at radius 1 is 1.16 bits per heavy atom. The number of nitrogens with zero attached hydrogens (tertiary/aromatic N) is 4. The molecule has 7 nitrogen and oxygen atoms in total. The number of aromatic amines is 2. The van der Waals surface area contributed by atoms with Crippen LogP contribution in [0.15, 0.2) is 46.8 Å². The van der Waals surface area contributed by atoms with Gasteiger partial charge in [-0.05, 0) is 65.1 Å². The van der Waals surface area contributed by atoms with Crippen LogP contribution in [-0.2, 0) is 11.2 Å². The number of carbonyl (C=O) groups is 1. The summed E-state index contributed by atoms with van der Waals surface area (Å²) in [6.45, 7) is 0.603. The molecular weight excluding hydrogens is 448 g/mol. The van der Waals surface area contributed by atoms with Crippen LogP contribution in [0.25, 0.3) is 28.1 Å². The number of aromatic nitrogens is 5. The number of hydrogen-bond acceptors (Lipinski definition) is 7. The fraction of sp³-hybridized carbons (Fsp3) is 0.190. The Hall–Kier alpha value is -2.82. The van der Waals surface area contributed by atoms with Gasteiger partial charge in [0.1, 0.15) is 4.32 Å². The second kappa shape index (κ2) is 8.74. The second-order valence-corrected chi connectivity index (χ2v) is 9.75. The molecule has 1 aliphatic heterocycles. The summed E-state index contributed by atoms with van der Waals surface area (Å²) in [6.07, 6.45) is 6.32. The first-order valence-electron chi connectivity index (χ1n) is 9.81. The van der Waals surface area contributed by atoms with E-state index < -0.39 is 0 Å². The van der Waals surface area contributed by atoms with Gasteiger partial charge in [-0.25, -0.2) is 0 Å². The first kappa shape index (κ1) is 20.1. The van der Waals surface area contributed by atoms with Gasteiger partial charge in [0.15, 0.2) is 5.82 Å². The highest BCUT2D eigenvalue weighted by Crippen LogP contribution is 2.35. The fourth-order valence-electron chi connectivity index (χ4n) is 3.48. The van der Waals surface area contributed by atoms with Gasteiger partial charge in [-0.3, -0.25) is 9.69 Å². The molecule has 0 atom stereocenters. The minimum Gasteiger partial charge on any atom is -0.361 e. The third-order valence-electron chi connectivity index (χ3n) is 5.07. The fourth-order valence-corrected chi connectivity index (χ4v) is 5.70. The maximum Gasteiger partial charge on any atom is 0.266 e. The van der Waals surface area contributed by atoms with E-state index in [9.17, 15) is 4.79 Å². The number of unbranched alkanes of at least 4 members (excludes halogenated alkanes) is 1. The van der Waals surface area contributed by atoms with Gasteiger partial charge in [0.05, 0.1) is 4.91 Å². The van der Waals surface area contributed by atoms with Crippen molar-refractivity contribution >= 4 is 62.5 Å². The van der Waals surface area contributed by atoms with Gasteiger partial charge < -0.3 is 4.98 Å². The zero-order valence-corrected chi connectivity index (χ0v) is 18.8. The molecule has 31 heavy (non-hydrogen) atoms. The number of benzene rings is 1. The zero-order valence-electron chi connectivity index (χ0n) is 16.4. The molecule has 2 N–H and O–H groups in total. The number of tetrazole rings is 1. The third kappa shape index (κ3) is 4.32. The highest BCUT2D eigenvalue weighted by atomic mass is 32.2. The predicted molar refractivity (Wildman–Crippen MR) is 129 cm³/mol. The predicted octanol–water partition coefficient (Wildman–Crippen LogP) is 4.63. The van der Waals surface area contributed by atoms with E-state index >= 15 is 0 Å². The van der Waals surface area contributed by atoms with Gasteiger partial charge >= 0.3 is 0 Å². The maximum absolute atomic E-state index is 12.8. The number of hydrogen-bond donors (Lipinski definition) is 2. The third-order valence-corrected chi connectivity index (χ3v) is 7.33. The van der Waals surface area contributed by atoms with Gasteiger partial charge in [0.25, 0.3) is 5.91 Å². The number of carbonyl (C=O) groups excluding carboxylic acids is 1. The van der Waals surface area contributed by atoms with Gasteiger partial charge in [0, 0.05) is 29.6 Å². The Bertz CT molecular complexity index is 1270. The molecule has 10 heteroatoms. The molecule has 0 unspecified atom stereocenters. The lowest BCUT2D eigenvalue weighted by Gasteiger charge is -2.13. The SMILES string of the molecule is O=C1/C(=C/c2cc(-c3ccc4[nH]ccc4c3)cs2)SC(=S)N1CCCCc1nn[nH]n1. The molecule has 1 saturated heterocycles. The summed E-state index contributed by atoms with van der Waals surface area (Å²) < 4.78 is 0.616. The van der Waals surface area contributed by atoms with E-state index in [0.717, 1.165) is 40.8 Å². The van der Waals surface area contributed by atoms with Crippen LogP contribution >= 0.6 is 35.3 Å². The van der Waals surface area contributed by atoms with Crippen molar-refractivity contribution in [2.75, 3.05) is 6.54 Å². The first-order chi connectivity index (χ1) is 15.2. The molecule has 0 spiro atoms. The molecule has 1 amide bonds. The molecule has 3 aromatic heterocycles. The Labute approximate surface area is 191 Å². The number of aryl methyl sites for hydroxylation is 1. The van der Waals surface area contributed by atoms with Crippen LogP contribution in [0.4, 0.5) is 0 Å². The molecule has 1 aromatic carbocycles. The van der Waals surface area contributed by atoms with Crippen molar-refractivity contribution in [3.8, 4) is 11.1 Å². The van der Waals surface area contributed by atoms with Crippen LogP contribution in [-0.4, -0.2) is 47.3 Å². The topological polar surface area (TPSA) is 90.6 Å². The van der Waals surface area contributed by atoms with Crippen molar-refractivity contribution < 1.29 is 4.79 Å². The maximum atomic E-state index is 12.8. The van der Waals surface area contributed by atoms with Crippen LogP contribution < -0.4 is 0 Å². The van der Waals surface area contributed by atoms with Crippen LogP contribution in [0.1, 0.15) is 23.5 Å². The molecule has 4 heterocycles. The molecule has 0 radical (unpaired) electrons. The van der Waals surface area contributed by atoms with Gasteiger partial charge in [0.2, 0.25) is 0 Å². The number of thiocarbonyl (C=S) groups is 1. The summed E-state index contributed by atoms with van der Waals surface area (Å²) in [4.78, 5) is 19.5. The standard InChI is InChI=1S/C21H18N6OS3/c28-20-18(31-21(29)27(20)8-2-1-3-19-23-25-26-24-19)11-16-10-15(12-30-16)13-4-5-17-14(9-13)6-7-22-17/h4-7,9-12,22H,1-3,8H2,(H,23,24,25,26)/b18-11-. The minimum absolute atomic E-state index is 0.0155. The molecule has 156 valence electrons. The summed E-state index contributed by atoms with van der Waals surface area (Å²) in [5, 5.41) is 17.2. The summed E-state index contributed by atoms with van der Waals surface area (Å²) in [5.74, 6) is 0.674. The normalized spacial score (nSPS) is 15.6. The highest BCUT2D eigenvalue weighted by Gasteiger charge is 2.31. The van der Waals surface area contributed by atoms with Crippen LogP contribution in [0.2, 0.25) is 0 Å². The average Bonchev–Trinajstić information content (AvgIpc) is 3.55. The van der Waals surface area contributed by atoms with Crippen LogP contribution in [0.3, 0.4) is 0 Å². The van der Waals surface area contributed by atoms with Crippen LogP contribution in [0, 0.1) is 0 Å². The van der Waals surface area contributed by atoms with E-state index in [0.29, 0.717) is 21.6 Å². The summed E-state index contributed by atoms with van der Waals surface area (Å²) >= 11 is 8.45. The Morgan fingerprint density at radius 3 is 2.97 bits per heavy atom. The summed E-state index contributed by atoms with van der Waals surface area (Å²) in [6, 6.07) is 10.6. The van der Waals surface area contributed by atoms with E-state index in [-0.39, 0.29) is 5.91 Å². The lowest BCUT2D eigenvalue weighted by molar-refractivity contribution is -0.122. The van der Waals surface area contributed by atoms with Crippen LogP contribution in [0.5, 0.6) is 0 Å². The quantitative estimate of drug-likeness (QED) is 0.234. The van der Waals surface area contributed by atoms with Crippen molar-refractivity contribution in [3.63, 3.8) is 0 Å². The monoisotopic (exact) mass is 466 g/mol. The van der Waals surface area contributed by atoms with E-state index in [1.165, 1.54) is 17.1 Å². The average molecular weight is 467 g/mol. The van der Waals surface area contributed by atoms with Crippen molar-refractivity contribution in [2.24, 2.45) is 0 Å². The van der Waals surface area contributed by atoms with E-state index in [2.05, 4.69) is 61.3 Å². The number of thiophene rings is 1. The molecule has 1 fully saturated rings. The summed E-state index contributed by atoms with van der Waals surface area (Å²) in [5.41, 5.74) is 3.44. The number of fused-ring (bicyclic) bond motifs is 1. The van der Waals surface area contributed by atoms with Crippen molar-refractivity contribution in [1.29, 1.82) is 0 Å². The number of nitrogens with one attached hydrogen (secondary N) is 2. The number of H-pyrrole nitrogens is 2. The Morgan fingerprint density at radius 2 is 2.10 bits per heavy atom. The molecule has 5 rings (SSSR count). The van der Waals surface area contributed by atoms with E-state index in [1.54, 1.807) is 16.2 Å². The lowest BCUT2D eigenvalue weighted by Crippen LogP contribution is -2.29. The van der Waals surface area contributed by atoms with Crippen molar-refractivity contribution in [3.05, 3.63) is 57.5 Å². The Balaban J connectivity index is 1.24. The Kier molecular flexibility index (Phi) is 5.66. The minimum atomic E-state index is -0.0155. The summed E-state index contributed by atoms with van der Waals surface area (Å²) in [7, 11) is 0. The largest absolute Gasteiger partial charge is 0.361 e. The van der Waals surface area contributed by atoms with E-state index in [4.69, 9.17) is 12.2 Å². The van der Waals surface area contributed by atoms with Crippen molar-refractivity contribution in [1.82, 2.24) is 30.5 Å². The number of thioether (sulfide) groups is 1. The molecular formula is C21H18N6OS3. The van der Waals surface area contributed by atoms with E-state index in [1.807, 2.05) is 12.3 Å². The molecule has 1 aliphatic rings. The highest BCUT2D eigenvalue weighted by molar-refractivity contribution is 8.26. The number of rotatable bonds is 7. The lowest BCUT2D eigenvalue weighted by atomic mass is 10.1. The molecule has 0 bridgehead atoms.